The minimum atomic E-state index is -1.14. The molecule has 2 N–H and O–H groups in total. The highest BCUT2D eigenvalue weighted by molar-refractivity contribution is 5.88. The van der Waals surface area contributed by atoms with E-state index in [9.17, 15) is 14.7 Å². The predicted octanol–water partition coefficient (Wildman–Crippen LogP) is 0.467. The van der Waals surface area contributed by atoms with E-state index in [-0.39, 0.29) is 6.04 Å². The lowest BCUT2D eigenvalue weighted by atomic mass is 9.88. The summed E-state index contributed by atoms with van der Waals surface area (Å²) in [6.07, 6.45) is 0.276. The molecule has 2 aliphatic rings. The number of piperidine rings is 1. The van der Waals surface area contributed by atoms with Crippen molar-refractivity contribution >= 4 is 11.9 Å². The summed E-state index contributed by atoms with van der Waals surface area (Å²) >= 11 is 0. The number of hydrogen-bond acceptors (Lipinski definition) is 3. The van der Waals surface area contributed by atoms with E-state index < -0.39 is 29.4 Å². The number of carboxylic acid groups (broad SMARTS) is 1. The second-order valence-electron chi connectivity index (χ2n) is 6.17. The highest BCUT2D eigenvalue weighted by Gasteiger charge is 2.57. The van der Waals surface area contributed by atoms with Crippen molar-refractivity contribution in [3.8, 4) is 0 Å². The van der Waals surface area contributed by atoms with Gasteiger partial charge in [0.2, 0.25) is 0 Å². The van der Waals surface area contributed by atoms with Gasteiger partial charge in [0.15, 0.2) is 0 Å². The maximum Gasteiger partial charge on any atom is 0.326 e. The van der Waals surface area contributed by atoms with Crippen LogP contribution in [0.5, 0.6) is 0 Å². The molecule has 0 aromatic carbocycles. The molecule has 17 heavy (non-hydrogen) atoms. The lowest BCUT2D eigenvalue weighted by Crippen LogP contribution is -2.51. The van der Waals surface area contributed by atoms with Gasteiger partial charge in [-0.3, -0.25) is 4.79 Å². The summed E-state index contributed by atoms with van der Waals surface area (Å²) in [4.78, 5) is 24.6. The Morgan fingerprint density at radius 3 is 2.35 bits per heavy atom. The molecular formula is C12H19NO4. The molecule has 2 fully saturated rings. The first-order valence-corrected chi connectivity index (χ1v) is 5.96. The Balaban J connectivity index is 2.15. The Labute approximate surface area is 100 Å². The lowest BCUT2D eigenvalue weighted by molar-refractivity contribution is -0.156. The standard InChI is InChI=1S/C12H19NO4/c1-12(2,3)9(14)10(15)13-7-4-6(7)5-8(13)11(16)17/h6-9,14H,4-5H2,1-3H3,(H,16,17)/t6-,7-,8+,9+/m1/s1. The molecule has 0 aromatic rings. The van der Waals surface area contributed by atoms with Crippen LogP contribution in [0.1, 0.15) is 33.6 Å². The monoisotopic (exact) mass is 241 g/mol. The van der Waals surface area contributed by atoms with Gasteiger partial charge in [0.1, 0.15) is 12.1 Å². The van der Waals surface area contributed by atoms with Crippen molar-refractivity contribution in [1.82, 2.24) is 4.90 Å². The minimum absolute atomic E-state index is 0.0422. The fourth-order valence-corrected chi connectivity index (χ4v) is 2.51. The van der Waals surface area contributed by atoms with Crippen LogP contribution in [0.4, 0.5) is 0 Å². The molecule has 1 heterocycles. The molecule has 0 unspecified atom stereocenters. The fraction of sp³-hybridized carbons (Fsp3) is 0.833. The zero-order chi connectivity index (χ0) is 13.0. The normalized spacial score (nSPS) is 33.2. The molecule has 0 aromatic heterocycles. The molecule has 0 bridgehead atoms. The maximum atomic E-state index is 12.2. The van der Waals surface area contributed by atoms with Crippen LogP contribution >= 0.6 is 0 Å². The van der Waals surface area contributed by atoms with Crippen LogP contribution in [-0.2, 0) is 9.59 Å². The van der Waals surface area contributed by atoms with Crippen molar-refractivity contribution < 1.29 is 19.8 Å². The minimum Gasteiger partial charge on any atom is -0.480 e. The average molecular weight is 241 g/mol. The first-order chi connectivity index (χ1) is 7.73. The molecule has 0 spiro atoms. The second-order valence-corrected chi connectivity index (χ2v) is 6.17. The number of nitrogens with zero attached hydrogens (tertiary/aromatic N) is 1. The summed E-state index contributed by atoms with van der Waals surface area (Å²) in [5.41, 5.74) is -0.562. The van der Waals surface area contributed by atoms with Crippen LogP contribution in [0.15, 0.2) is 0 Å². The molecule has 1 aliphatic heterocycles. The summed E-state index contributed by atoms with van der Waals surface area (Å²) in [5.74, 6) is -1.08. The first-order valence-electron chi connectivity index (χ1n) is 5.96. The Kier molecular flexibility index (Phi) is 2.69. The topological polar surface area (TPSA) is 77.8 Å². The largest absolute Gasteiger partial charge is 0.480 e. The number of aliphatic hydroxyl groups excluding tert-OH is 1. The number of aliphatic hydroxyl groups is 1. The molecular weight excluding hydrogens is 222 g/mol. The molecule has 5 heteroatoms. The van der Waals surface area contributed by atoms with Crippen LogP contribution in [0.25, 0.3) is 0 Å². The molecule has 1 amide bonds. The number of carbonyl (C=O) groups is 2. The SMILES string of the molecule is CC(C)(C)[C@@H](O)C(=O)N1[C@@H]2C[C@@H]2C[C@H]1C(=O)O. The molecule has 0 radical (unpaired) electrons. The van der Waals surface area contributed by atoms with Gasteiger partial charge >= 0.3 is 5.97 Å². The van der Waals surface area contributed by atoms with Crippen LogP contribution < -0.4 is 0 Å². The van der Waals surface area contributed by atoms with Crippen molar-refractivity contribution in [1.29, 1.82) is 0 Å². The number of fused-ring (bicyclic) bond motifs is 1. The molecule has 96 valence electrons. The average Bonchev–Trinajstić information content (AvgIpc) is 2.86. The highest BCUT2D eigenvalue weighted by Crippen LogP contribution is 2.48. The van der Waals surface area contributed by atoms with E-state index >= 15 is 0 Å². The van der Waals surface area contributed by atoms with Gasteiger partial charge in [-0.25, -0.2) is 4.79 Å². The number of carboxylic acids is 1. The number of carbonyl (C=O) groups excluding carboxylic acids is 1. The molecule has 1 saturated heterocycles. The highest BCUT2D eigenvalue weighted by atomic mass is 16.4. The van der Waals surface area contributed by atoms with Gasteiger partial charge < -0.3 is 15.1 Å². The van der Waals surface area contributed by atoms with E-state index in [1.807, 2.05) is 0 Å². The second kappa shape index (κ2) is 3.70. The van der Waals surface area contributed by atoms with E-state index in [1.165, 1.54) is 4.90 Å². The number of likely N-dealkylation sites (tertiary alicyclic amines) is 1. The first kappa shape index (κ1) is 12.4. The van der Waals surface area contributed by atoms with Crippen molar-refractivity contribution in [3.05, 3.63) is 0 Å². The van der Waals surface area contributed by atoms with Gasteiger partial charge in [-0.2, -0.15) is 0 Å². The molecule has 2 rings (SSSR count). The van der Waals surface area contributed by atoms with Gasteiger partial charge in [0.05, 0.1) is 0 Å². The van der Waals surface area contributed by atoms with Crippen molar-refractivity contribution in [3.63, 3.8) is 0 Å². The van der Waals surface area contributed by atoms with Crippen LogP contribution in [0, 0.1) is 11.3 Å². The number of aliphatic carboxylic acids is 1. The van der Waals surface area contributed by atoms with E-state index in [4.69, 9.17) is 5.11 Å². The third kappa shape index (κ3) is 2.04. The predicted molar refractivity (Wildman–Crippen MR) is 60.2 cm³/mol. The van der Waals surface area contributed by atoms with Gasteiger partial charge in [0, 0.05) is 6.04 Å². The van der Waals surface area contributed by atoms with Crippen molar-refractivity contribution in [2.75, 3.05) is 0 Å². The van der Waals surface area contributed by atoms with Gasteiger partial charge in [-0.1, -0.05) is 20.8 Å². The number of rotatable bonds is 2. The third-order valence-corrected chi connectivity index (χ3v) is 3.70. The molecule has 1 aliphatic carbocycles. The maximum absolute atomic E-state index is 12.2. The molecule has 4 atom stereocenters. The van der Waals surface area contributed by atoms with E-state index in [1.54, 1.807) is 20.8 Å². The molecule has 5 nitrogen and oxygen atoms in total. The van der Waals surface area contributed by atoms with E-state index in [2.05, 4.69) is 0 Å². The van der Waals surface area contributed by atoms with Gasteiger partial charge in [-0.15, -0.1) is 0 Å². The van der Waals surface area contributed by atoms with Crippen LogP contribution in [0.2, 0.25) is 0 Å². The summed E-state index contributed by atoms with van der Waals surface area (Å²) in [6.45, 7) is 5.31. The van der Waals surface area contributed by atoms with Crippen molar-refractivity contribution in [2.45, 2.75) is 51.8 Å². The van der Waals surface area contributed by atoms with Crippen molar-refractivity contribution in [2.24, 2.45) is 11.3 Å². The summed E-state index contributed by atoms with van der Waals surface area (Å²) in [7, 11) is 0. The lowest BCUT2D eigenvalue weighted by Gasteiger charge is -2.32. The Bertz CT molecular complexity index is 360. The number of hydrogen-bond donors (Lipinski definition) is 2. The van der Waals surface area contributed by atoms with Crippen LogP contribution in [-0.4, -0.2) is 45.2 Å². The van der Waals surface area contributed by atoms with Crippen LogP contribution in [0.3, 0.4) is 0 Å². The number of amides is 1. The quantitative estimate of drug-likeness (QED) is 0.736. The Hall–Kier alpha value is -1.10. The Morgan fingerprint density at radius 2 is 1.88 bits per heavy atom. The van der Waals surface area contributed by atoms with Gasteiger partial charge in [0.25, 0.3) is 5.91 Å². The summed E-state index contributed by atoms with van der Waals surface area (Å²) in [5, 5.41) is 19.0. The molecule has 1 saturated carbocycles. The summed E-state index contributed by atoms with van der Waals surface area (Å²) < 4.78 is 0. The van der Waals surface area contributed by atoms with E-state index in [0.29, 0.717) is 12.3 Å². The Morgan fingerprint density at radius 1 is 1.29 bits per heavy atom. The summed E-state index contributed by atoms with van der Waals surface area (Å²) in [6, 6.07) is -0.705. The van der Waals surface area contributed by atoms with Gasteiger partial charge in [-0.05, 0) is 24.2 Å². The van der Waals surface area contributed by atoms with E-state index in [0.717, 1.165) is 6.42 Å². The fourth-order valence-electron chi connectivity index (χ4n) is 2.51. The zero-order valence-electron chi connectivity index (χ0n) is 10.4. The zero-order valence-corrected chi connectivity index (χ0v) is 10.4. The smallest absolute Gasteiger partial charge is 0.326 e. The third-order valence-electron chi connectivity index (χ3n) is 3.70.